The van der Waals surface area contributed by atoms with E-state index in [0.29, 0.717) is 23.1 Å². The van der Waals surface area contributed by atoms with Crippen LogP contribution in [0.4, 0.5) is 11.6 Å². The molecule has 0 radical (unpaired) electrons. The van der Waals surface area contributed by atoms with Gasteiger partial charge in [0.2, 0.25) is 17.7 Å². The molecular weight excluding hydrogens is 452 g/mol. The van der Waals surface area contributed by atoms with Crippen LogP contribution in [-0.2, 0) is 7.05 Å². The van der Waals surface area contributed by atoms with Gasteiger partial charge >= 0.3 is 0 Å². The van der Waals surface area contributed by atoms with Crippen LogP contribution in [0, 0.1) is 36.5 Å². The fourth-order valence-electron chi connectivity index (χ4n) is 3.95. The molecule has 2 aromatic carbocycles. The van der Waals surface area contributed by atoms with Gasteiger partial charge in [-0.05, 0) is 73.0 Å². The van der Waals surface area contributed by atoms with Gasteiger partial charge in [-0.15, -0.1) is 0 Å². The average molecular weight is 473 g/mol. The van der Waals surface area contributed by atoms with Crippen molar-refractivity contribution < 1.29 is 4.74 Å². The Morgan fingerprint density at radius 3 is 2.22 bits per heavy atom. The molecule has 0 saturated carbocycles. The molecule has 0 aliphatic heterocycles. The Morgan fingerprint density at radius 1 is 0.889 bits per heavy atom. The molecule has 0 bridgehead atoms. The third kappa shape index (κ3) is 4.29. The molecule has 0 amide bonds. The molecular formula is C27H20N8O. The van der Waals surface area contributed by atoms with E-state index in [1.165, 1.54) is 0 Å². The molecule has 0 spiro atoms. The van der Waals surface area contributed by atoms with E-state index in [1.54, 1.807) is 36.7 Å². The Morgan fingerprint density at radius 2 is 1.58 bits per heavy atom. The van der Waals surface area contributed by atoms with Crippen LogP contribution in [0.3, 0.4) is 0 Å². The van der Waals surface area contributed by atoms with E-state index in [9.17, 15) is 0 Å². The maximum Gasteiger partial charge on any atom is 0.249 e. The Labute approximate surface area is 207 Å². The van der Waals surface area contributed by atoms with Gasteiger partial charge < -0.3 is 14.6 Å². The third-order valence-corrected chi connectivity index (χ3v) is 5.70. The number of nitrogens with zero attached hydrogens (tertiary/aromatic N) is 7. The summed E-state index contributed by atoms with van der Waals surface area (Å²) < 4.78 is 8.33. The summed E-state index contributed by atoms with van der Waals surface area (Å²) in [6.07, 6.45) is 5.18. The van der Waals surface area contributed by atoms with E-state index in [1.807, 2.05) is 55.9 Å². The zero-order valence-electron chi connectivity index (χ0n) is 19.8. The molecule has 9 heteroatoms. The van der Waals surface area contributed by atoms with Crippen LogP contribution in [0.5, 0.6) is 11.6 Å². The maximum absolute atomic E-state index is 9.03. The number of aromatic nitrogens is 5. The number of anilines is 2. The monoisotopic (exact) mass is 472 g/mol. The van der Waals surface area contributed by atoms with Crippen molar-refractivity contribution in [2.75, 3.05) is 5.32 Å². The molecule has 36 heavy (non-hydrogen) atoms. The summed E-state index contributed by atoms with van der Waals surface area (Å²) in [5, 5.41) is 21.2. The van der Waals surface area contributed by atoms with Gasteiger partial charge in [0.05, 0.1) is 17.1 Å². The lowest BCUT2D eigenvalue weighted by Gasteiger charge is -2.15. The zero-order valence-corrected chi connectivity index (χ0v) is 19.8. The van der Waals surface area contributed by atoms with Crippen molar-refractivity contribution in [3.05, 3.63) is 83.6 Å². The summed E-state index contributed by atoms with van der Waals surface area (Å²) in [4.78, 5) is 17.4. The molecule has 5 rings (SSSR count). The molecule has 0 saturated heterocycles. The topological polar surface area (TPSA) is 125 Å². The highest BCUT2D eigenvalue weighted by atomic mass is 16.5. The molecule has 5 aromatic rings. The fraction of sp³-hybridized carbons (Fsp3) is 0.111. The number of hydrogen-bond acceptors (Lipinski definition) is 8. The number of fused-ring (bicyclic) bond motifs is 1. The van der Waals surface area contributed by atoms with Gasteiger partial charge in [-0.3, -0.25) is 0 Å². The lowest BCUT2D eigenvalue weighted by atomic mass is 10.0. The van der Waals surface area contributed by atoms with Gasteiger partial charge in [0.25, 0.3) is 0 Å². The minimum atomic E-state index is 0.132. The number of aryl methyl sites for hydroxylation is 3. The number of rotatable bonds is 5. The van der Waals surface area contributed by atoms with Crippen LogP contribution in [0.15, 0.2) is 61.1 Å². The molecule has 3 heterocycles. The first-order chi connectivity index (χ1) is 17.4. The van der Waals surface area contributed by atoms with Gasteiger partial charge in [-0.25, -0.2) is 15.0 Å². The number of nitriles is 2. The Balaban J connectivity index is 1.51. The minimum Gasteiger partial charge on any atom is -0.436 e. The van der Waals surface area contributed by atoms with E-state index >= 15 is 0 Å². The predicted molar refractivity (Wildman–Crippen MR) is 135 cm³/mol. The second-order valence-electron chi connectivity index (χ2n) is 8.28. The van der Waals surface area contributed by atoms with Crippen LogP contribution in [0.25, 0.3) is 22.2 Å². The molecule has 0 fully saturated rings. The normalized spacial score (nSPS) is 10.6. The second-order valence-corrected chi connectivity index (χ2v) is 8.28. The Bertz CT molecular complexity index is 1650. The van der Waals surface area contributed by atoms with Crippen LogP contribution < -0.4 is 10.1 Å². The zero-order chi connectivity index (χ0) is 25.2. The molecule has 0 unspecified atom stereocenters. The van der Waals surface area contributed by atoms with E-state index in [-0.39, 0.29) is 5.82 Å². The van der Waals surface area contributed by atoms with Gasteiger partial charge in [0.1, 0.15) is 17.3 Å². The van der Waals surface area contributed by atoms with Gasteiger partial charge in [-0.2, -0.15) is 15.5 Å². The highest BCUT2D eigenvalue weighted by molar-refractivity contribution is 5.83. The number of nitrogens with one attached hydrogen (secondary N) is 1. The van der Waals surface area contributed by atoms with Crippen molar-refractivity contribution in [3.63, 3.8) is 0 Å². The average Bonchev–Trinajstić information content (AvgIpc) is 3.27. The highest BCUT2D eigenvalue weighted by Gasteiger charge is 2.17. The molecule has 174 valence electrons. The van der Waals surface area contributed by atoms with E-state index < -0.39 is 0 Å². The number of ether oxygens (including phenoxy) is 1. The first kappa shape index (κ1) is 22.5. The molecule has 0 aliphatic carbocycles. The number of hydrogen-bond donors (Lipinski definition) is 1. The molecule has 1 N–H and O–H groups in total. The van der Waals surface area contributed by atoms with Crippen LogP contribution in [-0.4, -0.2) is 24.5 Å². The smallest absolute Gasteiger partial charge is 0.249 e. The highest BCUT2D eigenvalue weighted by Crippen LogP contribution is 2.35. The maximum atomic E-state index is 9.03. The number of benzene rings is 2. The lowest BCUT2D eigenvalue weighted by molar-refractivity contribution is 0.459. The summed E-state index contributed by atoms with van der Waals surface area (Å²) in [5.41, 5.74) is 6.41. The molecule has 3 aromatic heterocycles. The second kappa shape index (κ2) is 9.16. The van der Waals surface area contributed by atoms with Crippen molar-refractivity contribution in [2.45, 2.75) is 13.8 Å². The summed E-state index contributed by atoms with van der Waals surface area (Å²) in [5.74, 6) is 1.63. The predicted octanol–water partition coefficient (Wildman–Crippen LogP) is 5.32. The minimum absolute atomic E-state index is 0.132. The van der Waals surface area contributed by atoms with Gasteiger partial charge in [-0.1, -0.05) is 0 Å². The van der Waals surface area contributed by atoms with Gasteiger partial charge in [0.15, 0.2) is 0 Å². The van der Waals surface area contributed by atoms with Crippen molar-refractivity contribution in [1.29, 1.82) is 10.5 Å². The first-order valence-corrected chi connectivity index (χ1v) is 11.1. The molecule has 0 atom stereocenters. The van der Waals surface area contributed by atoms with E-state index in [2.05, 4.69) is 31.3 Å². The Hall–Kier alpha value is -5.28. The lowest BCUT2D eigenvalue weighted by Crippen LogP contribution is -2.02. The van der Waals surface area contributed by atoms with E-state index in [0.717, 1.165) is 39.0 Å². The summed E-state index contributed by atoms with van der Waals surface area (Å²) >= 11 is 0. The summed E-state index contributed by atoms with van der Waals surface area (Å²) in [7, 11) is 1.92. The van der Waals surface area contributed by atoms with Crippen molar-refractivity contribution in [2.24, 2.45) is 7.05 Å². The summed E-state index contributed by atoms with van der Waals surface area (Å²) in [6.45, 7) is 3.94. The van der Waals surface area contributed by atoms with Crippen LogP contribution >= 0.6 is 0 Å². The van der Waals surface area contributed by atoms with E-state index in [4.69, 9.17) is 15.3 Å². The quantitative estimate of drug-likeness (QED) is 0.364. The molecule has 9 nitrogen and oxygen atoms in total. The van der Waals surface area contributed by atoms with Gasteiger partial charge in [0, 0.05) is 36.9 Å². The van der Waals surface area contributed by atoms with Crippen molar-refractivity contribution in [1.82, 2.24) is 24.5 Å². The SMILES string of the molecule is Cc1cc(-c2cnc(C#N)nc2)cc(C)c1Oc1nc(Nc2ccc(C#N)cc2)nc2ccn(C)c12. The largest absolute Gasteiger partial charge is 0.436 e. The van der Waals surface area contributed by atoms with Crippen LogP contribution in [0.2, 0.25) is 0 Å². The van der Waals surface area contributed by atoms with Crippen LogP contribution in [0.1, 0.15) is 22.5 Å². The van der Waals surface area contributed by atoms with Crippen molar-refractivity contribution >= 4 is 22.7 Å². The van der Waals surface area contributed by atoms with Crippen molar-refractivity contribution in [3.8, 4) is 34.9 Å². The Kier molecular flexibility index (Phi) is 5.73. The standard InChI is InChI=1S/C27H20N8O/c1-16-10-19(20-14-30-23(13-29)31-15-20)11-17(2)25(16)36-26-24-22(8-9-35(24)3)33-27(34-26)32-21-6-4-18(12-28)5-7-21/h4-11,14-15H,1-3H3,(H,32,33,34). The summed E-state index contributed by atoms with van der Waals surface area (Å²) in [6, 6.07) is 17.0. The molecule has 0 aliphatic rings. The first-order valence-electron chi connectivity index (χ1n) is 11.1. The third-order valence-electron chi connectivity index (χ3n) is 5.70. The fourth-order valence-corrected chi connectivity index (χ4v) is 3.95.